The number of hydrogen-bond acceptors (Lipinski definition) is 9. The van der Waals surface area contributed by atoms with Crippen molar-refractivity contribution in [3.05, 3.63) is 176 Å². The smallest absolute Gasteiger partial charge is 0.329 e. The Labute approximate surface area is 302 Å². The molecule has 1 heterocycles. The van der Waals surface area contributed by atoms with Crippen molar-refractivity contribution in [2.24, 2.45) is 0 Å². The van der Waals surface area contributed by atoms with Gasteiger partial charge in [0.05, 0.1) is 32.7 Å². The number of aryl methyl sites for hydroxylation is 1. The van der Waals surface area contributed by atoms with Crippen LogP contribution in [-0.2, 0) is 54.1 Å². The first-order valence-electron chi connectivity index (χ1n) is 16.4. The van der Waals surface area contributed by atoms with Crippen LogP contribution in [0.1, 0.15) is 33.2 Å². The quantitative estimate of drug-likeness (QED) is 0.102. The molecule has 268 valence electrons. The van der Waals surface area contributed by atoms with Crippen LogP contribution < -0.4 is 11.2 Å². The van der Waals surface area contributed by atoms with Crippen molar-refractivity contribution in [1.29, 1.82) is 0 Å². The van der Waals surface area contributed by atoms with Gasteiger partial charge in [-0.15, -0.1) is 11.8 Å². The number of aromatic nitrogens is 2. The second-order valence-electron chi connectivity index (χ2n) is 12.0. The average molecular weight is 731 g/mol. The Kier molecular flexibility index (Phi) is 14.0. The van der Waals surface area contributed by atoms with Gasteiger partial charge in [0.15, 0.2) is 0 Å². The zero-order valence-electron chi connectivity index (χ0n) is 28.5. The summed E-state index contributed by atoms with van der Waals surface area (Å²) in [6.07, 6.45) is -0.852. The van der Waals surface area contributed by atoms with Gasteiger partial charge in [0.1, 0.15) is 23.7 Å². The number of benzene rings is 4. The Bertz CT molecular complexity index is 2010. The summed E-state index contributed by atoms with van der Waals surface area (Å²) in [7, 11) is -4.05. The summed E-state index contributed by atoms with van der Waals surface area (Å²) in [4.78, 5) is 28.6. The van der Waals surface area contributed by atoms with E-state index in [2.05, 4.69) is 4.98 Å². The summed E-state index contributed by atoms with van der Waals surface area (Å²) in [5.41, 5.74) is 2.72. The number of thioether (sulfide) groups is 1. The zero-order valence-corrected chi connectivity index (χ0v) is 30.1. The average Bonchev–Trinajstić information content (AvgIpc) is 3.13. The Hall–Kier alpha value is -4.30. The first-order chi connectivity index (χ1) is 24.7. The maximum Gasteiger partial charge on any atom is 0.329 e. The zero-order chi connectivity index (χ0) is 36.1. The van der Waals surface area contributed by atoms with Gasteiger partial charge < -0.3 is 14.2 Å². The van der Waals surface area contributed by atoms with Crippen molar-refractivity contribution < 1.29 is 26.8 Å². The van der Waals surface area contributed by atoms with Crippen LogP contribution in [0.25, 0.3) is 0 Å². The molecule has 12 heteroatoms. The number of rotatable bonds is 19. The van der Waals surface area contributed by atoms with Gasteiger partial charge in [-0.2, -0.15) is 8.42 Å². The van der Waals surface area contributed by atoms with Crippen molar-refractivity contribution in [3.8, 4) is 0 Å². The van der Waals surface area contributed by atoms with Gasteiger partial charge in [-0.1, -0.05) is 121 Å². The predicted molar refractivity (Wildman–Crippen MR) is 199 cm³/mol. The fraction of sp³-hybridized carbons (Fsp3) is 0.282. The van der Waals surface area contributed by atoms with Gasteiger partial charge >= 0.3 is 5.69 Å². The van der Waals surface area contributed by atoms with Crippen molar-refractivity contribution in [2.45, 2.75) is 56.2 Å². The standard InChI is InChI=1S/C39H42N2O8S2/c1-29-23-41(39(43)40-37(29)42)38(50-28-33-21-13-6-14-22-33)36(48-26-32-19-11-5-12-20-32)35(47-25-31-17-9-4-10-18-31)34(49-51(2,44)45)27-46-24-30-15-7-3-8-16-30/h3-23,34-36,38H,24-28H2,1-2H3,(H,40,42,43)/t34-,35-,36-,38+/m1/s1. The molecule has 0 amide bonds. The van der Waals surface area contributed by atoms with Crippen molar-refractivity contribution in [3.63, 3.8) is 0 Å². The molecule has 0 saturated carbocycles. The van der Waals surface area contributed by atoms with E-state index in [4.69, 9.17) is 18.4 Å². The molecule has 0 saturated heterocycles. The molecule has 51 heavy (non-hydrogen) atoms. The predicted octanol–water partition coefficient (Wildman–Crippen LogP) is 6.01. The van der Waals surface area contributed by atoms with Gasteiger partial charge in [0.2, 0.25) is 0 Å². The molecule has 0 aliphatic carbocycles. The highest BCUT2D eigenvalue weighted by molar-refractivity contribution is 7.98. The molecule has 0 aliphatic rings. The van der Waals surface area contributed by atoms with E-state index in [0.29, 0.717) is 11.3 Å². The van der Waals surface area contributed by atoms with E-state index in [1.807, 2.05) is 121 Å². The molecule has 0 fully saturated rings. The van der Waals surface area contributed by atoms with Crippen molar-refractivity contribution >= 4 is 21.9 Å². The maximum absolute atomic E-state index is 13.6. The van der Waals surface area contributed by atoms with E-state index in [1.165, 1.54) is 22.5 Å². The third-order valence-electron chi connectivity index (χ3n) is 7.92. The summed E-state index contributed by atoms with van der Waals surface area (Å²) < 4.78 is 52.4. The van der Waals surface area contributed by atoms with E-state index in [1.54, 1.807) is 6.92 Å². The molecule has 0 radical (unpaired) electrons. The van der Waals surface area contributed by atoms with Gasteiger partial charge in [0, 0.05) is 17.5 Å². The van der Waals surface area contributed by atoms with Crippen LogP contribution in [0.3, 0.4) is 0 Å². The minimum atomic E-state index is -4.05. The highest BCUT2D eigenvalue weighted by Gasteiger charge is 2.41. The molecule has 10 nitrogen and oxygen atoms in total. The minimum Gasteiger partial charge on any atom is -0.374 e. The number of hydrogen-bond donors (Lipinski definition) is 1. The molecule has 5 rings (SSSR count). The molecular formula is C39H42N2O8S2. The van der Waals surface area contributed by atoms with Gasteiger partial charge in [0.25, 0.3) is 15.7 Å². The lowest BCUT2D eigenvalue weighted by Gasteiger charge is -2.37. The number of H-pyrrole nitrogens is 1. The van der Waals surface area contributed by atoms with Crippen LogP contribution in [-0.4, -0.2) is 49.1 Å². The van der Waals surface area contributed by atoms with Crippen LogP contribution in [0.5, 0.6) is 0 Å². The van der Waals surface area contributed by atoms with E-state index in [-0.39, 0.29) is 26.4 Å². The SMILES string of the molecule is Cc1cn([C@@H](SCc2ccccc2)[C@H](OCc2ccccc2)[C@H](OCc2ccccc2)[C@@H](COCc2ccccc2)OS(C)(=O)=O)c(=O)[nH]c1=O. The fourth-order valence-corrected chi connectivity index (χ4v) is 7.33. The van der Waals surface area contributed by atoms with Crippen LogP contribution >= 0.6 is 11.8 Å². The molecule has 0 aliphatic heterocycles. The Morgan fingerprint density at radius 1 is 0.686 bits per heavy atom. The molecule has 0 bridgehead atoms. The van der Waals surface area contributed by atoms with Gasteiger partial charge in [-0.3, -0.25) is 18.5 Å². The van der Waals surface area contributed by atoms with Crippen LogP contribution in [0.2, 0.25) is 0 Å². The summed E-state index contributed by atoms with van der Waals surface area (Å²) in [6, 6.07) is 38.1. The molecular weight excluding hydrogens is 689 g/mol. The van der Waals surface area contributed by atoms with E-state index in [0.717, 1.165) is 28.5 Å². The summed E-state index contributed by atoms with van der Waals surface area (Å²) in [5, 5.41) is -0.836. The molecule has 0 spiro atoms. The number of ether oxygens (including phenoxy) is 3. The van der Waals surface area contributed by atoms with Crippen LogP contribution in [0.4, 0.5) is 0 Å². The Morgan fingerprint density at radius 3 is 1.67 bits per heavy atom. The molecule has 4 aromatic carbocycles. The molecule has 4 atom stereocenters. The van der Waals surface area contributed by atoms with Gasteiger partial charge in [-0.05, 0) is 29.2 Å². The monoisotopic (exact) mass is 730 g/mol. The van der Waals surface area contributed by atoms with Crippen LogP contribution in [0.15, 0.2) is 137 Å². The Morgan fingerprint density at radius 2 is 1.16 bits per heavy atom. The largest absolute Gasteiger partial charge is 0.374 e. The Balaban J connectivity index is 1.61. The number of nitrogens with one attached hydrogen (secondary N) is 1. The van der Waals surface area contributed by atoms with Crippen LogP contribution in [0, 0.1) is 6.92 Å². The topological polar surface area (TPSA) is 126 Å². The van der Waals surface area contributed by atoms with E-state index >= 15 is 0 Å². The van der Waals surface area contributed by atoms with E-state index < -0.39 is 45.1 Å². The first kappa shape index (κ1) is 37.9. The third kappa shape index (κ3) is 11.9. The number of nitrogens with zero attached hydrogens (tertiary/aromatic N) is 1. The highest BCUT2D eigenvalue weighted by Crippen LogP contribution is 2.36. The minimum absolute atomic E-state index is 0.0780. The molecule has 1 N–H and O–H groups in total. The molecule has 1 aromatic heterocycles. The highest BCUT2D eigenvalue weighted by atomic mass is 32.2. The van der Waals surface area contributed by atoms with Crippen molar-refractivity contribution in [1.82, 2.24) is 9.55 Å². The first-order valence-corrected chi connectivity index (χ1v) is 19.3. The fourth-order valence-electron chi connectivity index (χ4n) is 5.42. The number of aromatic amines is 1. The second-order valence-corrected chi connectivity index (χ2v) is 14.7. The van der Waals surface area contributed by atoms with Crippen molar-refractivity contribution in [2.75, 3.05) is 12.9 Å². The lowest BCUT2D eigenvalue weighted by atomic mass is 10.1. The summed E-state index contributed by atoms with van der Waals surface area (Å²) in [6.45, 7) is 1.81. The van der Waals surface area contributed by atoms with Gasteiger partial charge in [-0.25, -0.2) is 4.79 Å². The third-order valence-corrected chi connectivity index (χ3v) is 9.85. The molecule has 0 unspecified atom stereocenters. The summed E-state index contributed by atoms with van der Waals surface area (Å²) >= 11 is 1.40. The normalized spacial score (nSPS) is 14.1. The maximum atomic E-state index is 13.6. The summed E-state index contributed by atoms with van der Waals surface area (Å²) in [5.74, 6) is 0.453. The lowest BCUT2D eigenvalue weighted by Crippen LogP contribution is -2.50. The second kappa shape index (κ2) is 18.8. The van der Waals surface area contributed by atoms with E-state index in [9.17, 15) is 18.0 Å². The lowest BCUT2D eigenvalue weighted by molar-refractivity contribution is -0.144. The molecule has 5 aromatic rings.